The normalized spacial score (nSPS) is 14.9. The Morgan fingerprint density at radius 2 is 2.28 bits per heavy atom. The van der Waals surface area contributed by atoms with E-state index in [9.17, 15) is 4.39 Å². The third-order valence-electron chi connectivity index (χ3n) is 2.75. The molecule has 0 spiro atoms. The Labute approximate surface area is 108 Å². The highest BCUT2D eigenvalue weighted by Crippen LogP contribution is 2.38. The van der Waals surface area contributed by atoms with Gasteiger partial charge in [-0.25, -0.2) is 4.39 Å². The summed E-state index contributed by atoms with van der Waals surface area (Å²) in [7, 11) is 0. The van der Waals surface area contributed by atoms with Gasteiger partial charge in [0.05, 0.1) is 5.75 Å². The Kier molecular flexibility index (Phi) is 2.95. The molecule has 1 aromatic heterocycles. The molecule has 6 heteroatoms. The summed E-state index contributed by atoms with van der Waals surface area (Å²) >= 11 is 1.47. The number of nitrogen functional groups attached to an aromatic ring is 1. The second kappa shape index (κ2) is 4.61. The highest BCUT2D eigenvalue weighted by atomic mass is 32.2. The molecule has 2 aromatic rings. The minimum absolute atomic E-state index is 0.328. The van der Waals surface area contributed by atoms with Crippen LogP contribution in [0.25, 0.3) is 0 Å². The number of hydrogen-bond donors (Lipinski definition) is 1. The van der Waals surface area contributed by atoms with Crippen LogP contribution in [-0.2, 0) is 5.75 Å². The van der Waals surface area contributed by atoms with Gasteiger partial charge in [-0.3, -0.25) is 0 Å². The van der Waals surface area contributed by atoms with Gasteiger partial charge >= 0.3 is 0 Å². The SMILES string of the molecule is Nc1cc(F)ccc1SCc1nc(C2CC2)no1. The first-order valence-electron chi connectivity index (χ1n) is 5.72. The quantitative estimate of drug-likeness (QED) is 0.680. The van der Waals surface area contributed by atoms with Gasteiger partial charge in [-0.1, -0.05) is 5.16 Å². The molecular weight excluding hydrogens is 253 g/mol. The topological polar surface area (TPSA) is 64.9 Å². The second-order valence-electron chi connectivity index (χ2n) is 4.29. The van der Waals surface area contributed by atoms with Gasteiger partial charge in [-0.15, -0.1) is 11.8 Å². The number of aromatic nitrogens is 2. The van der Waals surface area contributed by atoms with Crippen molar-refractivity contribution < 1.29 is 8.91 Å². The number of rotatable bonds is 4. The highest BCUT2D eigenvalue weighted by molar-refractivity contribution is 7.98. The van der Waals surface area contributed by atoms with Gasteiger partial charge in [0.2, 0.25) is 5.89 Å². The van der Waals surface area contributed by atoms with Crippen molar-refractivity contribution in [1.82, 2.24) is 10.1 Å². The number of nitrogens with zero attached hydrogens (tertiary/aromatic N) is 2. The fourth-order valence-electron chi connectivity index (χ4n) is 1.62. The molecule has 1 saturated carbocycles. The maximum Gasteiger partial charge on any atom is 0.237 e. The summed E-state index contributed by atoms with van der Waals surface area (Å²) < 4.78 is 18.0. The van der Waals surface area contributed by atoms with Crippen LogP contribution in [0.4, 0.5) is 10.1 Å². The average molecular weight is 265 g/mol. The second-order valence-corrected chi connectivity index (χ2v) is 5.31. The lowest BCUT2D eigenvalue weighted by Crippen LogP contribution is -1.90. The summed E-state index contributed by atoms with van der Waals surface area (Å²) in [4.78, 5) is 5.14. The van der Waals surface area contributed by atoms with Crippen LogP contribution in [0.5, 0.6) is 0 Å². The molecular formula is C12H12FN3OS. The van der Waals surface area contributed by atoms with E-state index >= 15 is 0 Å². The van der Waals surface area contributed by atoms with Gasteiger partial charge in [0, 0.05) is 16.5 Å². The minimum atomic E-state index is -0.328. The van der Waals surface area contributed by atoms with E-state index in [2.05, 4.69) is 10.1 Å². The van der Waals surface area contributed by atoms with Crippen LogP contribution >= 0.6 is 11.8 Å². The molecule has 1 fully saturated rings. The van der Waals surface area contributed by atoms with Crippen LogP contribution in [0.3, 0.4) is 0 Å². The molecule has 1 heterocycles. The molecule has 2 N–H and O–H groups in total. The number of hydrogen-bond acceptors (Lipinski definition) is 5. The summed E-state index contributed by atoms with van der Waals surface area (Å²) in [6.07, 6.45) is 2.30. The molecule has 1 aliphatic carbocycles. The predicted octanol–water partition coefficient (Wildman–Crippen LogP) is 2.96. The van der Waals surface area contributed by atoms with Crippen molar-refractivity contribution in [1.29, 1.82) is 0 Å². The Hall–Kier alpha value is -1.56. The van der Waals surface area contributed by atoms with Gasteiger partial charge in [0.25, 0.3) is 0 Å². The minimum Gasteiger partial charge on any atom is -0.398 e. The Bertz CT molecular complexity index is 568. The number of anilines is 1. The van der Waals surface area contributed by atoms with Crippen molar-refractivity contribution in [3.63, 3.8) is 0 Å². The third kappa shape index (κ3) is 2.48. The van der Waals surface area contributed by atoms with E-state index in [0.29, 0.717) is 23.2 Å². The van der Waals surface area contributed by atoms with E-state index in [1.54, 1.807) is 6.07 Å². The van der Waals surface area contributed by atoms with Crippen molar-refractivity contribution in [2.45, 2.75) is 29.4 Å². The van der Waals surface area contributed by atoms with E-state index < -0.39 is 0 Å². The fraction of sp³-hybridized carbons (Fsp3) is 0.333. The summed E-state index contributed by atoms with van der Waals surface area (Å²) in [6.45, 7) is 0. The number of thioether (sulfide) groups is 1. The van der Waals surface area contributed by atoms with Crippen LogP contribution in [0.15, 0.2) is 27.6 Å². The molecule has 1 aliphatic rings. The molecule has 0 unspecified atom stereocenters. The van der Waals surface area contributed by atoms with E-state index in [4.69, 9.17) is 10.3 Å². The van der Waals surface area contributed by atoms with E-state index in [-0.39, 0.29) is 5.82 Å². The maximum atomic E-state index is 12.9. The maximum absolute atomic E-state index is 12.9. The number of nitrogens with two attached hydrogens (primary N) is 1. The molecule has 18 heavy (non-hydrogen) atoms. The summed E-state index contributed by atoms with van der Waals surface area (Å²) in [5.41, 5.74) is 6.15. The molecule has 0 radical (unpaired) electrons. The van der Waals surface area contributed by atoms with Crippen molar-refractivity contribution in [2.24, 2.45) is 0 Å². The van der Waals surface area contributed by atoms with Gasteiger partial charge < -0.3 is 10.3 Å². The number of benzene rings is 1. The third-order valence-corrected chi connectivity index (χ3v) is 3.82. The Balaban J connectivity index is 1.65. The zero-order chi connectivity index (χ0) is 12.5. The summed E-state index contributed by atoms with van der Waals surface area (Å²) in [6, 6.07) is 4.36. The average Bonchev–Trinajstić information content (AvgIpc) is 3.08. The van der Waals surface area contributed by atoms with Gasteiger partial charge in [-0.05, 0) is 31.0 Å². The van der Waals surface area contributed by atoms with Gasteiger partial charge in [-0.2, -0.15) is 4.98 Å². The summed E-state index contributed by atoms with van der Waals surface area (Å²) in [5.74, 6) is 2.10. The van der Waals surface area contributed by atoms with Crippen LogP contribution in [0.2, 0.25) is 0 Å². The molecule has 1 aromatic carbocycles. The van der Waals surface area contributed by atoms with Crippen LogP contribution in [0, 0.1) is 5.82 Å². The molecule has 3 rings (SSSR count). The standard InChI is InChI=1S/C12H12FN3OS/c13-8-3-4-10(9(14)5-8)18-6-11-15-12(16-17-11)7-1-2-7/h3-5,7H,1-2,6,14H2. The van der Waals surface area contributed by atoms with Crippen LogP contribution < -0.4 is 5.73 Å². The molecule has 0 amide bonds. The van der Waals surface area contributed by atoms with E-state index in [1.807, 2.05) is 0 Å². The van der Waals surface area contributed by atoms with Crippen molar-refractivity contribution in [2.75, 3.05) is 5.73 Å². The summed E-state index contributed by atoms with van der Waals surface area (Å²) in [5, 5.41) is 3.94. The first-order valence-corrected chi connectivity index (χ1v) is 6.71. The predicted molar refractivity (Wildman–Crippen MR) is 66.6 cm³/mol. The van der Waals surface area contributed by atoms with Crippen molar-refractivity contribution in [3.05, 3.63) is 35.7 Å². The van der Waals surface area contributed by atoms with Crippen molar-refractivity contribution >= 4 is 17.4 Å². The van der Waals surface area contributed by atoms with E-state index in [1.165, 1.54) is 23.9 Å². The first kappa shape index (κ1) is 11.5. The smallest absolute Gasteiger partial charge is 0.237 e. The zero-order valence-electron chi connectivity index (χ0n) is 9.60. The lowest BCUT2D eigenvalue weighted by Gasteiger charge is -2.02. The lowest BCUT2D eigenvalue weighted by atomic mass is 10.3. The first-order chi connectivity index (χ1) is 8.72. The molecule has 94 valence electrons. The van der Waals surface area contributed by atoms with E-state index in [0.717, 1.165) is 23.6 Å². The van der Waals surface area contributed by atoms with Crippen LogP contribution in [0.1, 0.15) is 30.5 Å². The van der Waals surface area contributed by atoms with Gasteiger partial charge in [0.1, 0.15) is 5.82 Å². The Morgan fingerprint density at radius 1 is 1.44 bits per heavy atom. The molecule has 0 bridgehead atoms. The number of halogens is 1. The monoisotopic (exact) mass is 265 g/mol. The largest absolute Gasteiger partial charge is 0.398 e. The van der Waals surface area contributed by atoms with Gasteiger partial charge in [0.15, 0.2) is 5.82 Å². The Morgan fingerprint density at radius 3 is 3.00 bits per heavy atom. The van der Waals surface area contributed by atoms with Crippen LogP contribution in [-0.4, -0.2) is 10.1 Å². The van der Waals surface area contributed by atoms with Crippen molar-refractivity contribution in [3.8, 4) is 0 Å². The molecule has 0 atom stereocenters. The molecule has 0 saturated heterocycles. The molecule has 0 aliphatic heterocycles. The highest BCUT2D eigenvalue weighted by Gasteiger charge is 2.28. The zero-order valence-corrected chi connectivity index (χ0v) is 10.4. The lowest BCUT2D eigenvalue weighted by molar-refractivity contribution is 0.385. The molecule has 4 nitrogen and oxygen atoms in total. The fourth-order valence-corrected chi connectivity index (χ4v) is 2.41.